The molecule has 1 unspecified atom stereocenters. The van der Waals surface area contributed by atoms with Gasteiger partial charge >= 0.3 is 5.97 Å². The summed E-state index contributed by atoms with van der Waals surface area (Å²) in [5.74, 6) is -1.38. The van der Waals surface area contributed by atoms with Crippen molar-refractivity contribution in [3.8, 4) is 0 Å². The fraction of sp³-hybridized carbons (Fsp3) is 0.400. The van der Waals surface area contributed by atoms with E-state index in [1.165, 1.54) is 0 Å². The van der Waals surface area contributed by atoms with Crippen molar-refractivity contribution in [2.75, 3.05) is 0 Å². The smallest absolute Gasteiger partial charge is 0.326 e. The first kappa shape index (κ1) is 11.3. The minimum atomic E-state index is -1.01. The SMILES string of the molecule is CCC(NC(=O)c1cccn1C)C(=O)O. The molecule has 0 aliphatic rings. The molecule has 82 valence electrons. The Hall–Kier alpha value is -1.78. The minimum Gasteiger partial charge on any atom is -0.480 e. The zero-order chi connectivity index (χ0) is 11.4. The van der Waals surface area contributed by atoms with Gasteiger partial charge in [-0.2, -0.15) is 0 Å². The summed E-state index contributed by atoms with van der Waals surface area (Å²) in [5, 5.41) is 11.2. The van der Waals surface area contributed by atoms with Crippen LogP contribution in [0.25, 0.3) is 0 Å². The molecular formula is C10H14N2O3. The van der Waals surface area contributed by atoms with Crippen LogP contribution < -0.4 is 5.32 Å². The molecule has 1 heterocycles. The lowest BCUT2D eigenvalue weighted by atomic mass is 10.2. The molecule has 0 aromatic carbocycles. The Labute approximate surface area is 87.7 Å². The average molecular weight is 210 g/mol. The Morgan fingerprint density at radius 1 is 1.60 bits per heavy atom. The third-order valence-corrected chi connectivity index (χ3v) is 2.19. The molecule has 1 amide bonds. The van der Waals surface area contributed by atoms with Crippen molar-refractivity contribution in [3.63, 3.8) is 0 Å². The van der Waals surface area contributed by atoms with Crippen LogP contribution in [0.4, 0.5) is 0 Å². The van der Waals surface area contributed by atoms with E-state index in [4.69, 9.17) is 5.11 Å². The molecule has 1 rings (SSSR count). The summed E-state index contributed by atoms with van der Waals surface area (Å²) in [4.78, 5) is 22.3. The third kappa shape index (κ3) is 2.59. The fourth-order valence-corrected chi connectivity index (χ4v) is 1.27. The normalized spacial score (nSPS) is 12.1. The first-order valence-electron chi connectivity index (χ1n) is 4.71. The number of carbonyl (C=O) groups is 2. The van der Waals surface area contributed by atoms with Gasteiger partial charge in [-0.3, -0.25) is 4.79 Å². The van der Waals surface area contributed by atoms with Gasteiger partial charge in [-0.15, -0.1) is 0 Å². The summed E-state index contributed by atoms with van der Waals surface area (Å²) in [6, 6.07) is 2.55. The topological polar surface area (TPSA) is 71.3 Å². The van der Waals surface area contributed by atoms with Gasteiger partial charge in [0, 0.05) is 13.2 Å². The highest BCUT2D eigenvalue weighted by molar-refractivity contribution is 5.95. The Morgan fingerprint density at radius 2 is 2.27 bits per heavy atom. The maximum absolute atomic E-state index is 11.6. The van der Waals surface area contributed by atoms with E-state index in [1.54, 1.807) is 36.9 Å². The number of carbonyl (C=O) groups excluding carboxylic acids is 1. The summed E-state index contributed by atoms with van der Waals surface area (Å²) in [7, 11) is 1.73. The summed E-state index contributed by atoms with van der Waals surface area (Å²) >= 11 is 0. The Bertz CT molecular complexity index is 370. The lowest BCUT2D eigenvalue weighted by Crippen LogP contribution is -2.40. The van der Waals surface area contributed by atoms with Crippen LogP contribution in [0, 0.1) is 0 Å². The molecule has 0 bridgehead atoms. The van der Waals surface area contributed by atoms with Gasteiger partial charge in [0.05, 0.1) is 0 Å². The van der Waals surface area contributed by atoms with E-state index in [1.807, 2.05) is 0 Å². The maximum Gasteiger partial charge on any atom is 0.326 e. The van der Waals surface area contributed by atoms with Gasteiger partial charge in [-0.05, 0) is 18.6 Å². The molecule has 0 radical (unpaired) electrons. The van der Waals surface area contributed by atoms with Crippen LogP contribution in [-0.2, 0) is 11.8 Å². The average Bonchev–Trinajstić information content (AvgIpc) is 2.60. The fourth-order valence-electron chi connectivity index (χ4n) is 1.27. The first-order valence-corrected chi connectivity index (χ1v) is 4.71. The maximum atomic E-state index is 11.6. The predicted octanol–water partition coefficient (Wildman–Crippen LogP) is 0.618. The highest BCUT2D eigenvalue weighted by Gasteiger charge is 2.19. The summed E-state index contributed by atoms with van der Waals surface area (Å²) < 4.78 is 1.64. The van der Waals surface area contributed by atoms with Crippen LogP contribution in [0.2, 0.25) is 0 Å². The van der Waals surface area contributed by atoms with Gasteiger partial charge in [0.2, 0.25) is 0 Å². The highest BCUT2D eigenvalue weighted by atomic mass is 16.4. The number of nitrogens with zero attached hydrogens (tertiary/aromatic N) is 1. The van der Waals surface area contributed by atoms with E-state index in [-0.39, 0.29) is 5.91 Å². The van der Waals surface area contributed by atoms with E-state index in [0.717, 1.165) is 0 Å². The van der Waals surface area contributed by atoms with E-state index in [0.29, 0.717) is 12.1 Å². The number of amides is 1. The Morgan fingerprint density at radius 3 is 2.67 bits per heavy atom. The van der Waals surface area contributed by atoms with Crippen molar-refractivity contribution in [3.05, 3.63) is 24.0 Å². The molecular weight excluding hydrogens is 196 g/mol. The summed E-state index contributed by atoms with van der Waals surface area (Å²) in [5.41, 5.74) is 0.453. The van der Waals surface area contributed by atoms with Crippen molar-refractivity contribution in [2.24, 2.45) is 7.05 Å². The second-order valence-corrected chi connectivity index (χ2v) is 3.28. The Kier molecular flexibility index (Phi) is 3.49. The van der Waals surface area contributed by atoms with E-state index in [2.05, 4.69) is 5.32 Å². The summed E-state index contributed by atoms with van der Waals surface area (Å²) in [6.45, 7) is 1.71. The molecule has 2 N–H and O–H groups in total. The molecule has 0 aliphatic heterocycles. The van der Waals surface area contributed by atoms with Gasteiger partial charge in [0.1, 0.15) is 11.7 Å². The monoisotopic (exact) mass is 210 g/mol. The van der Waals surface area contributed by atoms with Crippen molar-refractivity contribution >= 4 is 11.9 Å². The molecule has 0 saturated carbocycles. The minimum absolute atomic E-state index is 0.364. The number of nitrogens with one attached hydrogen (secondary N) is 1. The molecule has 5 heteroatoms. The van der Waals surface area contributed by atoms with Crippen molar-refractivity contribution < 1.29 is 14.7 Å². The number of aryl methyl sites for hydroxylation is 1. The summed E-state index contributed by atoms with van der Waals surface area (Å²) in [6.07, 6.45) is 2.10. The lowest BCUT2D eigenvalue weighted by Gasteiger charge is -2.12. The standard InChI is InChI=1S/C10H14N2O3/c1-3-7(10(14)15)11-9(13)8-5-4-6-12(8)2/h4-7H,3H2,1-2H3,(H,11,13)(H,14,15). The van der Waals surface area contributed by atoms with E-state index < -0.39 is 12.0 Å². The Balaban J connectivity index is 2.71. The molecule has 0 aliphatic carbocycles. The zero-order valence-corrected chi connectivity index (χ0v) is 8.73. The number of aliphatic carboxylic acids is 1. The van der Waals surface area contributed by atoms with Crippen LogP contribution in [-0.4, -0.2) is 27.6 Å². The molecule has 0 saturated heterocycles. The molecule has 1 atom stereocenters. The number of rotatable bonds is 4. The second kappa shape index (κ2) is 4.63. The van der Waals surface area contributed by atoms with E-state index >= 15 is 0 Å². The van der Waals surface area contributed by atoms with Gasteiger partial charge in [0.25, 0.3) is 5.91 Å². The van der Waals surface area contributed by atoms with Crippen LogP contribution in [0.15, 0.2) is 18.3 Å². The third-order valence-electron chi connectivity index (χ3n) is 2.19. The van der Waals surface area contributed by atoms with Gasteiger partial charge in [-0.25, -0.2) is 4.79 Å². The molecule has 0 spiro atoms. The zero-order valence-electron chi connectivity index (χ0n) is 8.73. The lowest BCUT2D eigenvalue weighted by molar-refractivity contribution is -0.139. The molecule has 0 fully saturated rings. The van der Waals surface area contributed by atoms with Gasteiger partial charge in [0.15, 0.2) is 0 Å². The van der Waals surface area contributed by atoms with Crippen molar-refractivity contribution in [1.29, 1.82) is 0 Å². The van der Waals surface area contributed by atoms with Crippen molar-refractivity contribution in [2.45, 2.75) is 19.4 Å². The van der Waals surface area contributed by atoms with Crippen LogP contribution in [0.3, 0.4) is 0 Å². The predicted molar refractivity (Wildman–Crippen MR) is 54.6 cm³/mol. The van der Waals surface area contributed by atoms with Crippen molar-refractivity contribution in [1.82, 2.24) is 9.88 Å². The molecule has 15 heavy (non-hydrogen) atoms. The van der Waals surface area contributed by atoms with Crippen LogP contribution >= 0.6 is 0 Å². The second-order valence-electron chi connectivity index (χ2n) is 3.28. The molecule has 1 aromatic rings. The molecule has 5 nitrogen and oxygen atoms in total. The quantitative estimate of drug-likeness (QED) is 0.765. The number of hydrogen-bond acceptors (Lipinski definition) is 2. The van der Waals surface area contributed by atoms with E-state index in [9.17, 15) is 9.59 Å². The largest absolute Gasteiger partial charge is 0.480 e. The van der Waals surface area contributed by atoms with Crippen LogP contribution in [0.1, 0.15) is 23.8 Å². The number of hydrogen-bond donors (Lipinski definition) is 2. The highest BCUT2D eigenvalue weighted by Crippen LogP contribution is 2.01. The number of carboxylic acids is 1. The number of aromatic nitrogens is 1. The number of carboxylic acid groups (broad SMARTS) is 1. The van der Waals surface area contributed by atoms with Crippen LogP contribution in [0.5, 0.6) is 0 Å². The van der Waals surface area contributed by atoms with Gasteiger partial charge in [-0.1, -0.05) is 6.92 Å². The molecule has 1 aromatic heterocycles. The first-order chi connectivity index (χ1) is 7.06. The van der Waals surface area contributed by atoms with Gasteiger partial charge < -0.3 is 15.0 Å².